The molecule has 0 aliphatic carbocycles. The summed E-state index contributed by atoms with van der Waals surface area (Å²) in [5, 5.41) is 0.636. The summed E-state index contributed by atoms with van der Waals surface area (Å²) >= 11 is 3.27. The van der Waals surface area contributed by atoms with Crippen molar-refractivity contribution in [2.75, 3.05) is 23.3 Å². The zero-order chi connectivity index (χ0) is 14.5. The first-order valence-electron chi connectivity index (χ1n) is 6.07. The van der Waals surface area contributed by atoms with Crippen molar-refractivity contribution in [1.29, 1.82) is 0 Å². The van der Waals surface area contributed by atoms with Crippen molar-refractivity contribution in [3.63, 3.8) is 0 Å². The van der Waals surface area contributed by atoms with Crippen LogP contribution in [0.4, 0.5) is 23.2 Å². The summed E-state index contributed by atoms with van der Waals surface area (Å²) in [6, 6.07) is 2.69. The topological polar surface area (TPSA) is 3.24 Å². The van der Waals surface area contributed by atoms with Gasteiger partial charge in [-0.05, 0) is 24.6 Å². The Morgan fingerprint density at radius 1 is 1.21 bits per heavy atom. The molecule has 0 unspecified atom stereocenters. The van der Waals surface area contributed by atoms with Gasteiger partial charge in [-0.1, -0.05) is 29.3 Å². The lowest BCUT2D eigenvalue weighted by Gasteiger charge is -2.24. The van der Waals surface area contributed by atoms with E-state index in [2.05, 4.69) is 15.9 Å². The zero-order valence-corrected chi connectivity index (χ0v) is 12.2. The van der Waals surface area contributed by atoms with Crippen LogP contribution >= 0.6 is 15.9 Å². The fourth-order valence-electron chi connectivity index (χ4n) is 1.74. The molecule has 19 heavy (non-hydrogen) atoms. The van der Waals surface area contributed by atoms with Gasteiger partial charge >= 0.3 is 6.18 Å². The Bertz CT molecular complexity index is 406. The van der Waals surface area contributed by atoms with E-state index >= 15 is 0 Å². The van der Waals surface area contributed by atoms with E-state index in [9.17, 15) is 17.6 Å². The summed E-state index contributed by atoms with van der Waals surface area (Å²) in [6.45, 7) is 3.20. The third-order valence-corrected chi connectivity index (χ3v) is 3.11. The number of rotatable bonds is 6. The van der Waals surface area contributed by atoms with Gasteiger partial charge in [-0.25, -0.2) is 4.39 Å². The van der Waals surface area contributed by atoms with E-state index < -0.39 is 17.6 Å². The molecule has 0 heterocycles. The Labute approximate surface area is 118 Å². The Hall–Kier alpha value is -0.780. The average molecular weight is 342 g/mol. The second kappa shape index (κ2) is 7.12. The molecule has 0 aliphatic rings. The molecule has 0 fully saturated rings. The number of halogens is 5. The predicted octanol–water partition coefficient (Wildman–Crippen LogP) is 4.85. The molecule has 0 saturated carbocycles. The highest BCUT2D eigenvalue weighted by Gasteiger charge is 2.31. The molecular formula is C13H16BrF4N. The lowest BCUT2D eigenvalue weighted by Crippen LogP contribution is -2.27. The number of anilines is 1. The number of alkyl halides is 4. The van der Waals surface area contributed by atoms with Crippen LogP contribution in [0.3, 0.4) is 0 Å². The first-order chi connectivity index (χ1) is 8.90. The molecule has 0 N–H and O–H groups in total. The van der Waals surface area contributed by atoms with Gasteiger partial charge in [0.05, 0.1) is 11.3 Å². The summed E-state index contributed by atoms with van der Waals surface area (Å²) in [7, 11) is 0. The van der Waals surface area contributed by atoms with Crippen LogP contribution in [0.25, 0.3) is 0 Å². The molecule has 1 rings (SSSR count). The highest BCUT2D eigenvalue weighted by molar-refractivity contribution is 9.09. The van der Waals surface area contributed by atoms with Gasteiger partial charge in [0.15, 0.2) is 0 Å². The van der Waals surface area contributed by atoms with Crippen molar-refractivity contribution in [3.8, 4) is 0 Å². The minimum Gasteiger partial charge on any atom is -0.368 e. The first kappa shape index (κ1) is 16.3. The zero-order valence-electron chi connectivity index (χ0n) is 10.6. The second-order valence-corrected chi connectivity index (χ2v) is 4.99. The third kappa shape index (κ3) is 4.67. The summed E-state index contributed by atoms with van der Waals surface area (Å²) in [6.07, 6.45) is -2.70. The van der Waals surface area contributed by atoms with Crippen LogP contribution in [0.1, 0.15) is 25.3 Å². The van der Waals surface area contributed by atoms with Crippen molar-refractivity contribution < 1.29 is 17.6 Å². The van der Waals surface area contributed by atoms with E-state index in [0.717, 1.165) is 18.9 Å². The van der Waals surface area contributed by atoms with Gasteiger partial charge in [0, 0.05) is 18.4 Å². The fraction of sp³-hybridized carbons (Fsp3) is 0.538. The maximum atomic E-state index is 13.8. The lowest BCUT2D eigenvalue weighted by atomic mass is 10.1. The van der Waals surface area contributed by atoms with Crippen LogP contribution in [0, 0.1) is 5.82 Å². The summed E-state index contributed by atoms with van der Waals surface area (Å²) < 4.78 is 51.2. The van der Waals surface area contributed by atoms with Crippen LogP contribution in [0.15, 0.2) is 18.2 Å². The fourth-order valence-corrected chi connectivity index (χ4v) is 2.17. The molecule has 1 aromatic rings. The van der Waals surface area contributed by atoms with E-state index in [1.807, 2.05) is 6.92 Å². The van der Waals surface area contributed by atoms with Crippen molar-refractivity contribution >= 4 is 21.6 Å². The van der Waals surface area contributed by atoms with Crippen LogP contribution in [0.5, 0.6) is 0 Å². The van der Waals surface area contributed by atoms with Crippen LogP contribution in [0.2, 0.25) is 0 Å². The molecule has 0 aliphatic heterocycles. The highest BCUT2D eigenvalue weighted by atomic mass is 79.9. The van der Waals surface area contributed by atoms with Gasteiger partial charge in [0.25, 0.3) is 0 Å². The maximum Gasteiger partial charge on any atom is 0.416 e. The van der Waals surface area contributed by atoms with Gasteiger partial charge in [0.2, 0.25) is 0 Å². The van der Waals surface area contributed by atoms with Crippen molar-refractivity contribution in [3.05, 3.63) is 29.6 Å². The number of hydrogen-bond donors (Lipinski definition) is 0. The smallest absolute Gasteiger partial charge is 0.368 e. The van der Waals surface area contributed by atoms with Gasteiger partial charge in [-0.2, -0.15) is 13.2 Å². The van der Waals surface area contributed by atoms with Crippen molar-refractivity contribution in [2.24, 2.45) is 0 Å². The van der Waals surface area contributed by atoms with E-state index in [4.69, 9.17) is 0 Å². The highest BCUT2D eigenvalue weighted by Crippen LogP contribution is 2.32. The molecular weight excluding hydrogens is 326 g/mol. The second-order valence-electron chi connectivity index (χ2n) is 4.19. The monoisotopic (exact) mass is 341 g/mol. The molecule has 0 saturated heterocycles. The van der Waals surface area contributed by atoms with E-state index in [1.54, 1.807) is 4.90 Å². The van der Waals surface area contributed by atoms with Gasteiger partial charge in [-0.15, -0.1) is 0 Å². The molecule has 108 valence electrons. The number of nitrogens with zero attached hydrogens (tertiary/aromatic N) is 1. The Morgan fingerprint density at radius 3 is 2.37 bits per heavy atom. The quantitative estimate of drug-likeness (QED) is 0.528. The van der Waals surface area contributed by atoms with E-state index in [0.29, 0.717) is 24.5 Å². The van der Waals surface area contributed by atoms with Crippen LogP contribution < -0.4 is 4.90 Å². The molecule has 6 heteroatoms. The van der Waals surface area contributed by atoms with E-state index in [1.165, 1.54) is 6.07 Å². The SMILES string of the molecule is CCCCN(CCBr)c1ccc(C(F)(F)F)cc1F. The number of hydrogen-bond acceptors (Lipinski definition) is 1. The number of unbranched alkanes of at least 4 members (excludes halogenated alkanes) is 1. The Balaban J connectivity index is 2.97. The van der Waals surface area contributed by atoms with Gasteiger partial charge < -0.3 is 4.90 Å². The molecule has 1 aromatic carbocycles. The minimum atomic E-state index is -4.51. The molecule has 1 nitrogen and oxygen atoms in total. The van der Waals surface area contributed by atoms with Crippen LogP contribution in [-0.4, -0.2) is 18.4 Å². The Kier molecular flexibility index (Phi) is 6.10. The van der Waals surface area contributed by atoms with E-state index in [-0.39, 0.29) is 5.69 Å². The summed E-state index contributed by atoms with van der Waals surface area (Å²) in [4.78, 5) is 1.76. The molecule has 0 radical (unpaired) electrons. The normalized spacial score (nSPS) is 11.7. The van der Waals surface area contributed by atoms with Crippen molar-refractivity contribution in [2.45, 2.75) is 25.9 Å². The summed E-state index contributed by atoms with van der Waals surface area (Å²) in [5.41, 5.74) is -0.732. The summed E-state index contributed by atoms with van der Waals surface area (Å²) in [5.74, 6) is -0.827. The van der Waals surface area contributed by atoms with Gasteiger partial charge in [0.1, 0.15) is 5.82 Å². The molecule has 0 spiro atoms. The average Bonchev–Trinajstić information content (AvgIpc) is 2.33. The number of benzene rings is 1. The third-order valence-electron chi connectivity index (χ3n) is 2.75. The van der Waals surface area contributed by atoms with Crippen LogP contribution in [-0.2, 0) is 6.18 Å². The standard InChI is InChI=1S/C13H16BrF4N/c1-2-3-7-19(8-6-14)12-5-4-10(9-11(12)15)13(16,17)18/h4-5,9H,2-3,6-8H2,1H3. The lowest BCUT2D eigenvalue weighted by molar-refractivity contribution is -0.137. The molecule has 0 amide bonds. The molecule has 0 bridgehead atoms. The molecule has 0 aromatic heterocycles. The molecule has 0 atom stereocenters. The predicted molar refractivity (Wildman–Crippen MR) is 72.3 cm³/mol. The first-order valence-corrected chi connectivity index (χ1v) is 7.20. The minimum absolute atomic E-state index is 0.223. The van der Waals surface area contributed by atoms with Gasteiger partial charge in [-0.3, -0.25) is 0 Å². The Morgan fingerprint density at radius 2 is 1.89 bits per heavy atom. The van der Waals surface area contributed by atoms with Crippen molar-refractivity contribution in [1.82, 2.24) is 0 Å². The largest absolute Gasteiger partial charge is 0.416 e. The maximum absolute atomic E-state index is 13.8.